The van der Waals surface area contributed by atoms with Crippen molar-refractivity contribution in [1.82, 2.24) is 77.7 Å². The van der Waals surface area contributed by atoms with Crippen LogP contribution in [-0.4, -0.2) is 272 Å². The summed E-state index contributed by atoms with van der Waals surface area (Å²) < 4.78 is 180. The lowest BCUT2D eigenvalue weighted by Crippen LogP contribution is -2.39. The first-order valence-electron chi connectivity index (χ1n) is 32.5. The van der Waals surface area contributed by atoms with Crippen molar-refractivity contribution in [2.24, 2.45) is 0 Å². The minimum Gasteiger partial charge on any atom is -0.387 e. The standard InChI is InChI=1S/C48H64N21O41P7/c49-19-1-3-65(47(78)59-19)41-26(72)30(16(102-41)7-97-115(89,90)108-33-18(9-99-116(91,92)110-117(93,94)109-111(80,81)82)104-44(29(33)75)69-13-58-23-37(69)62-46(53)64-39(23)77)105-113(85,86)96-6-15-31(27(73)42(101-15)66-4-2-20(50)60-48(66)79)106-114(87,88)98-8-17-32(28(74)43(103-17)68-12-57-22-36(68)61-45(52)63-38(22)76)107-112(83,84)95-5-14-24(70)25(71)40(100-14)67-11-56-21-34(51)54-10-55-35(21)67/h1-4,10-18,24-33,40-44,70-75H,5-9H2,(H,83,84)(H,85,86)(H,87,88)(H,89,90)(H,91,92)(H,93,94)(H2,49,59,78)(H2,50,60,79)(H2,51,54,55)(H2,80,81,82)(H3,52,61,63,76)(H3,53,62,64,77)/t14-,15-,16-,17-,18-,24-,25-,26-,27-,28-,29-,30-,31-,32-,33-,40-,41-,42-,43-,44-/m1/s1. The lowest BCUT2D eigenvalue weighted by atomic mass is 10.1. The Kier molecular flexibility index (Phi) is 24.7. The van der Waals surface area contributed by atoms with Gasteiger partial charge in [-0.15, -0.1) is 0 Å². The third-order valence-electron chi connectivity index (χ3n) is 17.4. The number of aliphatic hydroxyl groups excluding tert-OH is 6. The Bertz CT molecular complexity index is 5700. The van der Waals surface area contributed by atoms with E-state index in [4.69, 9.17) is 98.3 Å². The number of rotatable bonds is 32. The Morgan fingerprint density at radius 1 is 0.376 bits per heavy atom. The molecule has 0 amide bonds. The van der Waals surface area contributed by atoms with E-state index in [-0.39, 0.29) is 17.0 Å². The van der Waals surface area contributed by atoms with Crippen molar-refractivity contribution in [2.45, 2.75) is 123 Å². The first kappa shape index (κ1) is 87.2. The van der Waals surface area contributed by atoms with E-state index in [1.165, 1.54) is 0 Å². The molecule has 8 aromatic heterocycles. The average Bonchev–Trinajstić information content (AvgIpc) is 1.62. The number of anilines is 5. The minimum atomic E-state index is -6.20. The van der Waals surface area contributed by atoms with Gasteiger partial charge in [-0.05, 0) is 12.1 Å². The molecule has 0 saturated carbocycles. The normalized spacial score (nSPS) is 31.5. The Morgan fingerprint density at radius 3 is 1.07 bits per heavy atom. The third kappa shape index (κ3) is 19.1. The zero-order valence-electron chi connectivity index (χ0n) is 57.8. The molecule has 8 aromatic rings. The van der Waals surface area contributed by atoms with Gasteiger partial charge in [0.2, 0.25) is 11.9 Å². The van der Waals surface area contributed by atoms with Crippen molar-refractivity contribution in [2.75, 3.05) is 61.7 Å². The van der Waals surface area contributed by atoms with Crippen LogP contribution >= 0.6 is 54.8 Å². The highest BCUT2D eigenvalue weighted by Gasteiger charge is 2.57. The molecule has 5 fully saturated rings. The fourth-order valence-electron chi connectivity index (χ4n) is 12.4. The van der Waals surface area contributed by atoms with Crippen LogP contribution in [0.3, 0.4) is 0 Å². The summed E-state index contributed by atoms with van der Waals surface area (Å²) in [4.78, 5) is 174. The Morgan fingerprint density at radius 2 is 0.701 bits per heavy atom. The third-order valence-corrected chi connectivity index (χ3v) is 25.1. The van der Waals surface area contributed by atoms with Crippen molar-refractivity contribution < 1.29 is 175 Å². The van der Waals surface area contributed by atoms with E-state index >= 15 is 0 Å². The number of aromatic nitrogens is 16. The van der Waals surface area contributed by atoms with Gasteiger partial charge in [-0.1, -0.05) is 0 Å². The fraction of sp³-hybridized carbons (Fsp3) is 0.521. The fourth-order valence-corrected chi connectivity index (χ4v) is 19.3. The van der Waals surface area contributed by atoms with Crippen LogP contribution in [0.2, 0.25) is 0 Å². The Hall–Kier alpha value is -7.58. The summed E-state index contributed by atoms with van der Waals surface area (Å²) >= 11 is 0. The molecule has 117 heavy (non-hydrogen) atoms. The maximum atomic E-state index is 14.3. The summed E-state index contributed by atoms with van der Waals surface area (Å²) in [6, 6.07) is 1.98. The number of hydrogen-bond acceptors (Lipinski definition) is 47. The molecular weight excluding hydrogens is 1740 g/mol. The topological polar surface area (TPSA) is 921 Å². The Balaban J connectivity index is 0.724. The highest BCUT2D eigenvalue weighted by atomic mass is 31.3. The summed E-state index contributed by atoms with van der Waals surface area (Å²) in [6.45, 7) is -7.04. The van der Waals surface area contributed by atoms with Gasteiger partial charge in [0.1, 0.15) is 115 Å². The zero-order valence-corrected chi connectivity index (χ0v) is 64.0. The first-order chi connectivity index (χ1) is 54.6. The largest absolute Gasteiger partial charge is 0.490 e. The van der Waals surface area contributed by atoms with Crippen molar-refractivity contribution in [1.29, 1.82) is 0 Å². The molecule has 6 unspecified atom stereocenters. The van der Waals surface area contributed by atoms with Gasteiger partial charge in [-0.25, -0.2) is 66.5 Å². The first-order valence-corrected chi connectivity index (χ1v) is 43.0. The molecule has 26 atom stereocenters. The number of imidazole rings is 3. The van der Waals surface area contributed by atoms with Crippen LogP contribution in [0, 0.1) is 0 Å². The number of aromatic amines is 2. The van der Waals surface area contributed by atoms with Crippen LogP contribution in [0.1, 0.15) is 31.1 Å². The average molecular weight is 1810 g/mol. The van der Waals surface area contributed by atoms with Crippen LogP contribution in [0.5, 0.6) is 0 Å². The number of nitrogen functional groups attached to an aromatic ring is 5. The van der Waals surface area contributed by atoms with Gasteiger partial charge in [0.05, 0.1) is 52.0 Å². The van der Waals surface area contributed by atoms with Gasteiger partial charge in [0.25, 0.3) is 11.1 Å². The summed E-state index contributed by atoms with van der Waals surface area (Å²) in [5.41, 5.74) is 22.5. The number of fused-ring (bicyclic) bond motifs is 3. The van der Waals surface area contributed by atoms with Gasteiger partial charge < -0.3 is 122 Å². The number of H-pyrrole nitrogens is 2. The van der Waals surface area contributed by atoms with Crippen LogP contribution < -0.4 is 51.2 Å². The monoisotopic (exact) mass is 1810 g/mol. The molecule has 5 aliphatic rings. The van der Waals surface area contributed by atoms with Crippen LogP contribution in [0.15, 0.2) is 69.0 Å². The predicted octanol–water partition coefficient (Wildman–Crippen LogP) is -7.48. The molecule has 0 aliphatic carbocycles. The second-order valence-corrected chi connectivity index (χ2v) is 35.3. The van der Waals surface area contributed by atoms with Crippen molar-refractivity contribution in [3.05, 3.63) is 91.5 Å². The van der Waals surface area contributed by atoms with Crippen molar-refractivity contribution in [3.8, 4) is 0 Å². The molecule has 62 nitrogen and oxygen atoms in total. The van der Waals surface area contributed by atoms with Gasteiger partial charge in [-0.2, -0.15) is 28.6 Å². The number of phosphoric ester groups is 5. The smallest absolute Gasteiger partial charge is 0.387 e. The van der Waals surface area contributed by atoms with E-state index in [1.54, 1.807) is 0 Å². The highest BCUT2D eigenvalue weighted by molar-refractivity contribution is 7.66. The highest BCUT2D eigenvalue weighted by Crippen LogP contribution is 2.67. The van der Waals surface area contributed by atoms with Gasteiger partial charge >= 0.3 is 66.1 Å². The van der Waals surface area contributed by atoms with Crippen molar-refractivity contribution >= 4 is 118 Å². The number of nitrogens with two attached hydrogens (primary N) is 5. The molecule has 5 aliphatic heterocycles. The summed E-state index contributed by atoms with van der Waals surface area (Å²) in [5.74, 6) is -1.93. The van der Waals surface area contributed by atoms with E-state index in [2.05, 4.69) is 68.0 Å². The quantitative estimate of drug-likeness (QED) is 0.0174. The number of aliphatic hydroxyl groups is 6. The molecule has 69 heteroatoms. The van der Waals surface area contributed by atoms with Crippen LogP contribution in [-0.2, 0) is 105 Å². The van der Waals surface area contributed by atoms with Crippen molar-refractivity contribution in [3.63, 3.8) is 0 Å². The second-order valence-electron chi connectivity index (χ2n) is 25.2. The van der Waals surface area contributed by atoms with Crippen LogP contribution in [0.25, 0.3) is 33.5 Å². The van der Waals surface area contributed by atoms with E-state index in [0.29, 0.717) is 9.13 Å². The molecule has 26 N–H and O–H groups in total. The van der Waals surface area contributed by atoms with Gasteiger partial charge in [0, 0.05) is 12.4 Å². The van der Waals surface area contributed by atoms with E-state index in [1.807, 2.05) is 0 Å². The zero-order chi connectivity index (χ0) is 84.9. The SMILES string of the molecule is Nc1ccn([C@@H]2O[C@H](COP(=O)(O)O[C@H]3[C@@H](O)[C@H](n4ccc(N)nc4=O)O[C@@H]3COP(=O)(O)O[C@H]3[C@@H](O)[C@H](n4cnc5c(=O)[nH]c(N)nc54)O[C@@H]3COP(=O)(O)OP(=O)(O)OP(=O)(O)O)[C@@H](OP(=O)(O)OC[C@H]3O[C@@H](n4cnc5c(=O)[nH]c(N)nc54)[C@H](O)[C@@H]3OP(=O)(O)OC[C@H]3O[C@@H](n4cnc5c(N)ncnc54)[C@H](O)[C@@H]3O)[C@H]2O)c(=O)n1. The van der Waals surface area contributed by atoms with Crippen LogP contribution in [0.4, 0.5) is 29.4 Å². The van der Waals surface area contributed by atoms with E-state index in [0.717, 1.165) is 63.5 Å². The lowest BCUT2D eigenvalue weighted by molar-refractivity contribution is -0.0655. The maximum absolute atomic E-state index is 14.3. The molecular formula is C48H64N21O41P7. The molecule has 0 bridgehead atoms. The minimum absolute atomic E-state index is 0.0319. The summed E-state index contributed by atoms with van der Waals surface area (Å²) in [7, 11) is -41.9. The number of nitrogens with zero attached hydrogens (tertiary/aromatic N) is 14. The molecule has 0 spiro atoms. The lowest BCUT2D eigenvalue weighted by Gasteiger charge is -2.27. The van der Waals surface area contributed by atoms with Gasteiger partial charge in [0.15, 0.2) is 64.9 Å². The molecule has 642 valence electrons. The maximum Gasteiger partial charge on any atom is 0.490 e. The molecule has 5 saturated heterocycles. The van der Waals surface area contributed by atoms with Gasteiger partial charge in [-0.3, -0.25) is 83.1 Å². The number of phosphoric acid groups is 7. The number of hydrogen-bond donors (Lipinski definition) is 21. The number of ether oxygens (including phenoxy) is 5. The second kappa shape index (κ2) is 33.1. The molecule has 13 heterocycles. The predicted molar refractivity (Wildman–Crippen MR) is 369 cm³/mol. The van der Waals surface area contributed by atoms with E-state index < -0.39 is 279 Å². The summed E-state index contributed by atoms with van der Waals surface area (Å²) in [6.07, 6.45) is -37.3. The van der Waals surface area contributed by atoms with E-state index in [9.17, 15) is 111 Å². The Labute approximate surface area is 643 Å². The number of nitrogens with one attached hydrogen (secondary N) is 2. The molecule has 0 radical (unpaired) electrons. The molecule has 13 rings (SSSR count). The summed E-state index contributed by atoms with van der Waals surface area (Å²) in [5, 5.41) is 69.2. The molecule has 0 aromatic carbocycles.